The highest BCUT2D eigenvalue weighted by Gasteiger charge is 2.01. The maximum atomic E-state index is 10.5. The minimum Gasteiger partial charge on any atom is -0.481 e. The van der Waals surface area contributed by atoms with E-state index in [2.05, 4.69) is 6.07 Å². The second-order valence-electron chi connectivity index (χ2n) is 3.90. The summed E-state index contributed by atoms with van der Waals surface area (Å²) in [5.74, 6) is -0.787. The number of rotatable bonds is 3. The van der Waals surface area contributed by atoms with Crippen molar-refractivity contribution in [3.05, 3.63) is 47.5 Å². The normalized spacial score (nSPS) is 10.1. The Labute approximate surface area is 98.9 Å². The summed E-state index contributed by atoms with van der Waals surface area (Å²) >= 11 is 0. The average Bonchev–Trinajstić information content (AvgIpc) is 2.35. The van der Waals surface area contributed by atoms with Gasteiger partial charge in [0, 0.05) is 6.42 Å². The van der Waals surface area contributed by atoms with Crippen LogP contribution in [-0.2, 0) is 11.2 Å². The second-order valence-corrected chi connectivity index (χ2v) is 3.90. The number of nitrogens with zero attached hydrogens (tertiary/aromatic N) is 1. The van der Waals surface area contributed by atoms with E-state index >= 15 is 0 Å². The molecule has 2 aromatic rings. The monoisotopic (exact) mass is 225 g/mol. The molecule has 0 aliphatic heterocycles. The maximum Gasteiger partial charge on any atom is 0.303 e. The first-order chi connectivity index (χ1) is 8.19. The van der Waals surface area contributed by atoms with Crippen LogP contribution in [-0.4, -0.2) is 11.1 Å². The largest absolute Gasteiger partial charge is 0.481 e. The number of fused-ring (bicyclic) bond motifs is 1. The van der Waals surface area contributed by atoms with Crippen molar-refractivity contribution in [2.75, 3.05) is 0 Å². The lowest BCUT2D eigenvalue weighted by atomic mass is 10.0. The molecule has 0 heterocycles. The van der Waals surface area contributed by atoms with Gasteiger partial charge >= 0.3 is 5.97 Å². The molecule has 0 fully saturated rings. The highest BCUT2D eigenvalue weighted by atomic mass is 16.4. The topological polar surface area (TPSA) is 61.1 Å². The fourth-order valence-corrected chi connectivity index (χ4v) is 1.77. The molecule has 0 saturated carbocycles. The summed E-state index contributed by atoms with van der Waals surface area (Å²) in [6, 6.07) is 13.4. The molecule has 0 aromatic heterocycles. The molecule has 0 bridgehead atoms. The molecule has 0 unspecified atom stereocenters. The van der Waals surface area contributed by atoms with E-state index in [0.29, 0.717) is 12.0 Å². The summed E-state index contributed by atoms with van der Waals surface area (Å²) in [5.41, 5.74) is 1.64. The summed E-state index contributed by atoms with van der Waals surface area (Å²) in [4.78, 5) is 10.5. The van der Waals surface area contributed by atoms with Gasteiger partial charge in [0.2, 0.25) is 0 Å². The van der Waals surface area contributed by atoms with Gasteiger partial charge in [0.15, 0.2) is 0 Å². The van der Waals surface area contributed by atoms with Crippen LogP contribution in [0.3, 0.4) is 0 Å². The minimum atomic E-state index is -0.787. The quantitative estimate of drug-likeness (QED) is 0.873. The molecule has 0 amide bonds. The highest BCUT2D eigenvalue weighted by Crippen LogP contribution is 2.18. The van der Waals surface area contributed by atoms with Crippen LogP contribution in [0.25, 0.3) is 10.8 Å². The Bertz CT molecular complexity index is 611. The molecule has 0 radical (unpaired) electrons. The number of aryl methyl sites for hydroxylation is 1. The fourth-order valence-electron chi connectivity index (χ4n) is 1.77. The van der Waals surface area contributed by atoms with E-state index in [0.717, 1.165) is 16.3 Å². The number of nitriles is 1. The van der Waals surface area contributed by atoms with Crippen LogP contribution < -0.4 is 0 Å². The number of carbonyl (C=O) groups is 1. The minimum absolute atomic E-state index is 0.141. The van der Waals surface area contributed by atoms with Crippen LogP contribution >= 0.6 is 0 Å². The molecule has 2 aromatic carbocycles. The van der Waals surface area contributed by atoms with Crippen molar-refractivity contribution >= 4 is 16.7 Å². The van der Waals surface area contributed by atoms with Gasteiger partial charge in [-0.2, -0.15) is 5.26 Å². The Hall–Kier alpha value is -2.34. The van der Waals surface area contributed by atoms with Gasteiger partial charge < -0.3 is 5.11 Å². The van der Waals surface area contributed by atoms with Crippen LogP contribution in [0.2, 0.25) is 0 Å². The Morgan fingerprint density at radius 2 is 1.88 bits per heavy atom. The van der Waals surface area contributed by atoms with E-state index in [-0.39, 0.29) is 6.42 Å². The smallest absolute Gasteiger partial charge is 0.303 e. The van der Waals surface area contributed by atoms with E-state index in [9.17, 15) is 4.79 Å². The van der Waals surface area contributed by atoms with Crippen molar-refractivity contribution < 1.29 is 9.90 Å². The van der Waals surface area contributed by atoms with Crippen molar-refractivity contribution in [2.45, 2.75) is 12.8 Å². The summed E-state index contributed by atoms with van der Waals surface area (Å²) in [6.07, 6.45) is 0.674. The lowest BCUT2D eigenvalue weighted by Gasteiger charge is -2.02. The van der Waals surface area contributed by atoms with Crippen molar-refractivity contribution in [1.29, 1.82) is 5.26 Å². The molecule has 0 aliphatic rings. The molecule has 0 spiro atoms. The third kappa shape index (κ3) is 2.61. The van der Waals surface area contributed by atoms with Crippen molar-refractivity contribution in [1.82, 2.24) is 0 Å². The highest BCUT2D eigenvalue weighted by molar-refractivity contribution is 5.84. The van der Waals surface area contributed by atoms with Gasteiger partial charge in [-0.3, -0.25) is 4.79 Å². The number of benzene rings is 2. The Balaban J connectivity index is 2.32. The van der Waals surface area contributed by atoms with Gasteiger partial charge in [-0.15, -0.1) is 0 Å². The number of carboxylic acid groups (broad SMARTS) is 1. The zero-order chi connectivity index (χ0) is 12.3. The summed E-state index contributed by atoms with van der Waals surface area (Å²) in [7, 11) is 0. The van der Waals surface area contributed by atoms with Gasteiger partial charge in [0.25, 0.3) is 0 Å². The van der Waals surface area contributed by atoms with Crippen molar-refractivity contribution in [2.24, 2.45) is 0 Å². The van der Waals surface area contributed by atoms with Crippen molar-refractivity contribution in [3.8, 4) is 6.07 Å². The molecule has 0 aliphatic carbocycles. The molecule has 0 atom stereocenters. The molecule has 3 heteroatoms. The lowest BCUT2D eigenvalue weighted by Crippen LogP contribution is -1.97. The molecular weight excluding hydrogens is 214 g/mol. The molecule has 84 valence electrons. The van der Waals surface area contributed by atoms with Crippen molar-refractivity contribution in [3.63, 3.8) is 0 Å². The van der Waals surface area contributed by atoms with Gasteiger partial charge in [0.1, 0.15) is 0 Å². The Kier molecular flexibility index (Phi) is 3.06. The average molecular weight is 225 g/mol. The van der Waals surface area contributed by atoms with Crippen LogP contribution in [0.5, 0.6) is 0 Å². The predicted octanol–water partition coefficient (Wildman–Crippen LogP) is 2.73. The standard InChI is InChI=1S/C14H11NO2/c15-9-11-2-5-12-7-10(3-6-14(16)17)1-4-13(12)8-11/h1-2,4-5,7-8H,3,6H2,(H,16,17). The van der Waals surface area contributed by atoms with Crippen LogP contribution in [0.15, 0.2) is 36.4 Å². The predicted molar refractivity (Wildman–Crippen MR) is 64.6 cm³/mol. The third-order valence-corrected chi connectivity index (χ3v) is 2.66. The zero-order valence-electron chi connectivity index (χ0n) is 9.18. The van der Waals surface area contributed by atoms with Crippen LogP contribution in [0.1, 0.15) is 17.5 Å². The number of carboxylic acids is 1. The third-order valence-electron chi connectivity index (χ3n) is 2.66. The Morgan fingerprint density at radius 3 is 2.59 bits per heavy atom. The molecule has 0 saturated heterocycles. The first kappa shape index (κ1) is 11.2. The van der Waals surface area contributed by atoms with Gasteiger partial charge in [-0.05, 0) is 34.9 Å². The summed E-state index contributed by atoms with van der Waals surface area (Å²) in [5, 5.41) is 19.4. The number of hydrogen-bond donors (Lipinski definition) is 1. The Morgan fingerprint density at radius 1 is 1.18 bits per heavy atom. The molecule has 1 N–H and O–H groups in total. The van der Waals surface area contributed by atoms with E-state index in [1.807, 2.05) is 30.3 Å². The second kappa shape index (κ2) is 4.67. The molecular formula is C14H11NO2. The molecule has 3 nitrogen and oxygen atoms in total. The van der Waals surface area contributed by atoms with Crippen LogP contribution in [0, 0.1) is 11.3 Å². The van der Waals surface area contributed by atoms with Gasteiger partial charge in [-0.25, -0.2) is 0 Å². The van der Waals surface area contributed by atoms with Gasteiger partial charge in [-0.1, -0.05) is 24.3 Å². The first-order valence-electron chi connectivity index (χ1n) is 5.33. The SMILES string of the molecule is N#Cc1ccc2cc(CCC(=O)O)ccc2c1. The van der Waals surface area contributed by atoms with Crippen LogP contribution in [0.4, 0.5) is 0 Å². The number of aliphatic carboxylic acids is 1. The van der Waals surface area contributed by atoms with E-state index < -0.39 is 5.97 Å². The van der Waals surface area contributed by atoms with Gasteiger partial charge in [0.05, 0.1) is 11.6 Å². The first-order valence-corrected chi connectivity index (χ1v) is 5.33. The van der Waals surface area contributed by atoms with E-state index in [1.54, 1.807) is 6.07 Å². The fraction of sp³-hybridized carbons (Fsp3) is 0.143. The zero-order valence-corrected chi connectivity index (χ0v) is 9.18. The summed E-state index contributed by atoms with van der Waals surface area (Å²) in [6.45, 7) is 0. The van der Waals surface area contributed by atoms with E-state index in [4.69, 9.17) is 10.4 Å². The molecule has 2 rings (SSSR count). The molecule has 17 heavy (non-hydrogen) atoms. The summed E-state index contributed by atoms with van der Waals surface area (Å²) < 4.78 is 0. The lowest BCUT2D eigenvalue weighted by molar-refractivity contribution is -0.136. The maximum absolute atomic E-state index is 10.5. The van der Waals surface area contributed by atoms with E-state index in [1.165, 1.54) is 0 Å². The number of hydrogen-bond acceptors (Lipinski definition) is 2.